The van der Waals surface area contributed by atoms with Crippen molar-refractivity contribution in [1.82, 2.24) is 5.32 Å². The predicted molar refractivity (Wildman–Crippen MR) is 103 cm³/mol. The molecule has 0 aromatic heterocycles. The summed E-state index contributed by atoms with van der Waals surface area (Å²) >= 11 is 0. The summed E-state index contributed by atoms with van der Waals surface area (Å²) in [5, 5.41) is 3.45. The van der Waals surface area contributed by atoms with E-state index < -0.39 is 0 Å². The van der Waals surface area contributed by atoms with Gasteiger partial charge in [0.25, 0.3) is 0 Å². The van der Waals surface area contributed by atoms with Crippen LogP contribution in [0.3, 0.4) is 0 Å². The van der Waals surface area contributed by atoms with Crippen LogP contribution in [0.1, 0.15) is 30.4 Å². The van der Waals surface area contributed by atoms with Gasteiger partial charge in [0.2, 0.25) is 5.75 Å². The number of benzene rings is 2. The number of para-hydroxylation sites is 1. The summed E-state index contributed by atoms with van der Waals surface area (Å²) in [6.45, 7) is 3.37. The molecule has 1 N–H and O–H groups in total. The lowest BCUT2D eigenvalue weighted by Gasteiger charge is -2.20. The molecule has 0 amide bonds. The Labute approximate surface area is 154 Å². The fourth-order valence-corrected chi connectivity index (χ4v) is 3.44. The normalized spacial score (nSPS) is 15.6. The second-order valence-electron chi connectivity index (χ2n) is 6.63. The molecule has 1 aliphatic heterocycles. The highest BCUT2D eigenvalue weighted by Crippen LogP contribution is 2.38. The first-order valence-electron chi connectivity index (χ1n) is 9.40. The molecule has 4 heteroatoms. The monoisotopic (exact) mass is 351 g/mol. The van der Waals surface area contributed by atoms with Crippen molar-refractivity contribution >= 4 is 5.57 Å². The lowest BCUT2D eigenvalue weighted by atomic mass is 10.0. The Balaban J connectivity index is 1.25. The van der Waals surface area contributed by atoms with Gasteiger partial charge in [0.15, 0.2) is 11.5 Å². The van der Waals surface area contributed by atoms with Crippen LogP contribution >= 0.6 is 0 Å². The van der Waals surface area contributed by atoms with Crippen molar-refractivity contribution < 1.29 is 14.2 Å². The number of nitrogens with one attached hydrogen (secondary N) is 1. The minimum atomic E-state index is 0.568. The smallest absolute Gasteiger partial charge is 0.203 e. The Kier molecular flexibility index (Phi) is 5.41. The third kappa shape index (κ3) is 4.02. The molecule has 2 aliphatic rings. The highest BCUT2D eigenvalue weighted by Gasteiger charge is 2.16. The van der Waals surface area contributed by atoms with E-state index in [4.69, 9.17) is 14.2 Å². The van der Waals surface area contributed by atoms with Gasteiger partial charge in [-0.25, -0.2) is 0 Å². The quantitative estimate of drug-likeness (QED) is 0.759. The molecule has 0 radical (unpaired) electrons. The average molecular weight is 351 g/mol. The SMILES string of the molecule is C1=C(c2cccc(CNCCOc3cccc4c3OCCO4)c2)CCC1. The van der Waals surface area contributed by atoms with Crippen molar-refractivity contribution in [2.24, 2.45) is 0 Å². The fourth-order valence-electron chi connectivity index (χ4n) is 3.44. The molecule has 2 aromatic carbocycles. The third-order valence-electron chi connectivity index (χ3n) is 4.73. The fraction of sp³-hybridized carbons (Fsp3) is 0.364. The Morgan fingerprint density at radius 2 is 1.96 bits per heavy atom. The molecule has 136 valence electrons. The van der Waals surface area contributed by atoms with E-state index in [9.17, 15) is 0 Å². The van der Waals surface area contributed by atoms with Gasteiger partial charge in [-0.1, -0.05) is 36.4 Å². The second-order valence-corrected chi connectivity index (χ2v) is 6.63. The molecule has 1 heterocycles. The van der Waals surface area contributed by atoms with E-state index in [0.717, 1.165) is 30.3 Å². The maximum absolute atomic E-state index is 5.87. The standard InChI is InChI=1S/C22H25NO3/c1-2-7-18(6-1)19-8-3-5-17(15-19)16-23-11-12-24-20-9-4-10-21-22(20)26-14-13-25-21/h3-6,8-10,15,23H,1-2,7,11-14,16H2. The maximum atomic E-state index is 5.87. The van der Waals surface area contributed by atoms with E-state index in [2.05, 4.69) is 35.7 Å². The molecular formula is C22H25NO3. The minimum absolute atomic E-state index is 0.568. The molecule has 0 saturated carbocycles. The summed E-state index contributed by atoms with van der Waals surface area (Å²) in [6.07, 6.45) is 6.07. The molecule has 26 heavy (non-hydrogen) atoms. The lowest BCUT2D eigenvalue weighted by Crippen LogP contribution is -2.21. The van der Waals surface area contributed by atoms with Crippen molar-refractivity contribution in [3.63, 3.8) is 0 Å². The summed E-state index contributed by atoms with van der Waals surface area (Å²) in [5.41, 5.74) is 4.17. The molecule has 0 unspecified atom stereocenters. The van der Waals surface area contributed by atoms with Gasteiger partial charge >= 0.3 is 0 Å². The van der Waals surface area contributed by atoms with E-state index in [1.807, 2.05) is 18.2 Å². The van der Waals surface area contributed by atoms with Gasteiger partial charge in [0.05, 0.1) is 0 Å². The highest BCUT2D eigenvalue weighted by atomic mass is 16.6. The van der Waals surface area contributed by atoms with Gasteiger partial charge < -0.3 is 19.5 Å². The van der Waals surface area contributed by atoms with Crippen LogP contribution in [-0.2, 0) is 6.54 Å². The second kappa shape index (κ2) is 8.28. The molecule has 0 bridgehead atoms. The number of allylic oxidation sites excluding steroid dienone is 2. The molecule has 0 spiro atoms. The third-order valence-corrected chi connectivity index (χ3v) is 4.73. The molecule has 2 aromatic rings. The Morgan fingerprint density at radius 3 is 2.88 bits per heavy atom. The van der Waals surface area contributed by atoms with Gasteiger partial charge in [-0.05, 0) is 48.1 Å². The average Bonchev–Trinajstić information content (AvgIpc) is 3.23. The zero-order chi connectivity index (χ0) is 17.6. The van der Waals surface area contributed by atoms with Crippen molar-refractivity contribution in [1.29, 1.82) is 0 Å². The topological polar surface area (TPSA) is 39.7 Å². The summed E-state index contributed by atoms with van der Waals surface area (Å²) in [5.74, 6) is 2.23. The maximum Gasteiger partial charge on any atom is 0.203 e. The van der Waals surface area contributed by atoms with Crippen LogP contribution in [0, 0.1) is 0 Å². The number of hydrogen-bond acceptors (Lipinski definition) is 4. The Hall–Kier alpha value is -2.46. The van der Waals surface area contributed by atoms with Crippen LogP contribution < -0.4 is 19.5 Å². The first kappa shape index (κ1) is 17.0. The zero-order valence-corrected chi connectivity index (χ0v) is 15.0. The van der Waals surface area contributed by atoms with E-state index in [0.29, 0.717) is 19.8 Å². The molecule has 1 aliphatic carbocycles. The van der Waals surface area contributed by atoms with Gasteiger partial charge in [-0.15, -0.1) is 0 Å². The van der Waals surface area contributed by atoms with Gasteiger partial charge in [0, 0.05) is 13.1 Å². The number of ether oxygens (including phenoxy) is 3. The summed E-state index contributed by atoms with van der Waals surface area (Å²) in [4.78, 5) is 0. The number of hydrogen-bond donors (Lipinski definition) is 1. The van der Waals surface area contributed by atoms with Crippen LogP contribution in [0.5, 0.6) is 17.2 Å². The Morgan fingerprint density at radius 1 is 1.04 bits per heavy atom. The van der Waals surface area contributed by atoms with Crippen LogP contribution in [0.25, 0.3) is 5.57 Å². The first-order chi connectivity index (χ1) is 12.9. The van der Waals surface area contributed by atoms with E-state index in [1.54, 1.807) is 0 Å². The minimum Gasteiger partial charge on any atom is -0.488 e. The van der Waals surface area contributed by atoms with Crippen molar-refractivity contribution in [2.45, 2.75) is 25.8 Å². The van der Waals surface area contributed by atoms with Crippen molar-refractivity contribution in [3.8, 4) is 17.2 Å². The molecule has 0 atom stereocenters. The van der Waals surface area contributed by atoms with Crippen LogP contribution in [0.2, 0.25) is 0 Å². The largest absolute Gasteiger partial charge is 0.488 e. The van der Waals surface area contributed by atoms with Gasteiger partial charge in [-0.2, -0.15) is 0 Å². The van der Waals surface area contributed by atoms with Crippen LogP contribution in [0.15, 0.2) is 48.5 Å². The lowest BCUT2D eigenvalue weighted by molar-refractivity contribution is 0.162. The Bertz CT molecular complexity index is 785. The molecule has 0 fully saturated rings. The van der Waals surface area contributed by atoms with Crippen LogP contribution in [0.4, 0.5) is 0 Å². The highest BCUT2D eigenvalue weighted by molar-refractivity contribution is 5.67. The zero-order valence-electron chi connectivity index (χ0n) is 15.0. The van der Waals surface area contributed by atoms with E-state index in [-0.39, 0.29) is 0 Å². The van der Waals surface area contributed by atoms with E-state index in [1.165, 1.54) is 36.0 Å². The van der Waals surface area contributed by atoms with Gasteiger partial charge in [0.1, 0.15) is 19.8 Å². The van der Waals surface area contributed by atoms with Crippen LogP contribution in [-0.4, -0.2) is 26.4 Å². The molecule has 4 rings (SSSR count). The summed E-state index contributed by atoms with van der Waals surface area (Å²) in [6, 6.07) is 14.6. The number of rotatable bonds is 7. The van der Waals surface area contributed by atoms with E-state index >= 15 is 0 Å². The summed E-state index contributed by atoms with van der Waals surface area (Å²) < 4.78 is 17.1. The predicted octanol–water partition coefficient (Wildman–Crippen LogP) is 4.19. The van der Waals surface area contributed by atoms with Crippen molar-refractivity contribution in [2.75, 3.05) is 26.4 Å². The number of fused-ring (bicyclic) bond motifs is 1. The molecule has 0 saturated heterocycles. The molecular weight excluding hydrogens is 326 g/mol. The summed E-state index contributed by atoms with van der Waals surface area (Å²) in [7, 11) is 0. The first-order valence-corrected chi connectivity index (χ1v) is 9.40. The molecule has 4 nitrogen and oxygen atoms in total. The van der Waals surface area contributed by atoms with Crippen molar-refractivity contribution in [3.05, 3.63) is 59.7 Å². The van der Waals surface area contributed by atoms with Gasteiger partial charge in [-0.3, -0.25) is 0 Å².